The number of amides is 1. The van der Waals surface area contributed by atoms with Crippen molar-refractivity contribution in [3.8, 4) is 5.75 Å². The number of halogens is 2. The second kappa shape index (κ2) is 12.5. The summed E-state index contributed by atoms with van der Waals surface area (Å²) in [7, 11) is 1.37. The molecule has 1 aliphatic heterocycles. The number of hydrogen-bond acceptors (Lipinski definition) is 5. The van der Waals surface area contributed by atoms with Crippen molar-refractivity contribution in [2.75, 3.05) is 44.8 Å². The molecule has 0 radical (unpaired) electrons. The molecule has 5 rings (SSSR count). The van der Waals surface area contributed by atoms with Gasteiger partial charge in [0.05, 0.1) is 19.3 Å². The average molecular weight is 595 g/mol. The van der Waals surface area contributed by atoms with Crippen molar-refractivity contribution in [2.24, 2.45) is 0 Å². The van der Waals surface area contributed by atoms with E-state index in [0.29, 0.717) is 55.5 Å². The number of aromatic amines is 1. The van der Waals surface area contributed by atoms with Gasteiger partial charge in [0.25, 0.3) is 5.91 Å². The molecule has 1 N–H and O–H groups in total. The van der Waals surface area contributed by atoms with E-state index in [2.05, 4.69) is 9.88 Å². The lowest BCUT2D eigenvalue weighted by molar-refractivity contribution is 0.0600. The van der Waals surface area contributed by atoms with E-state index in [1.165, 1.54) is 7.11 Å². The average Bonchev–Trinajstić information content (AvgIpc) is 3.34. The number of nitrogens with zero attached hydrogens (tertiary/aromatic N) is 2. The van der Waals surface area contributed by atoms with Crippen LogP contribution >= 0.6 is 23.2 Å². The van der Waals surface area contributed by atoms with Gasteiger partial charge in [0, 0.05) is 52.8 Å². The molecule has 3 aromatic carbocycles. The highest BCUT2D eigenvalue weighted by Crippen LogP contribution is 2.29. The lowest BCUT2D eigenvalue weighted by atomic mass is 10.0. The molecule has 1 aliphatic rings. The van der Waals surface area contributed by atoms with E-state index in [0.717, 1.165) is 50.5 Å². The predicted octanol–water partition coefficient (Wildman–Crippen LogP) is 6.85. The van der Waals surface area contributed by atoms with E-state index in [-0.39, 0.29) is 11.9 Å². The number of benzene rings is 3. The highest BCUT2D eigenvalue weighted by atomic mass is 35.5. The summed E-state index contributed by atoms with van der Waals surface area (Å²) < 4.78 is 10.9. The summed E-state index contributed by atoms with van der Waals surface area (Å²) in [6.07, 6.45) is 1.41. The Morgan fingerprint density at radius 3 is 2.39 bits per heavy atom. The van der Waals surface area contributed by atoms with Crippen LogP contribution in [0.25, 0.3) is 10.9 Å². The summed E-state index contributed by atoms with van der Waals surface area (Å²) in [6.45, 7) is 6.89. The van der Waals surface area contributed by atoms with Crippen molar-refractivity contribution in [3.05, 3.63) is 92.6 Å². The number of fused-ring (bicyclic) bond motifs is 1. The van der Waals surface area contributed by atoms with Crippen molar-refractivity contribution in [1.82, 2.24) is 9.88 Å². The van der Waals surface area contributed by atoms with Crippen LogP contribution in [0.1, 0.15) is 44.0 Å². The molecule has 9 heteroatoms. The standard InChI is InChI=1S/C32H33Cl2N3O4/c1-20-16-25(17-21(2)29(20)34)41-15-5-8-27-26-10-9-23(33)19-28(26)35-30(27)31(38)37-13-11-36(12-14-37)24-7-4-6-22(18-24)32(39)40-3/h4,6-7,9-10,16-19,35H,5,8,11-15H2,1-3H3. The van der Waals surface area contributed by atoms with Crippen molar-refractivity contribution < 1.29 is 19.1 Å². The molecule has 41 heavy (non-hydrogen) atoms. The zero-order valence-corrected chi connectivity index (χ0v) is 24.9. The molecular formula is C32H33Cl2N3O4. The van der Waals surface area contributed by atoms with Crippen LogP contribution in [0.15, 0.2) is 54.6 Å². The number of esters is 1. The van der Waals surface area contributed by atoms with Crippen molar-refractivity contribution in [2.45, 2.75) is 26.7 Å². The Bertz CT molecular complexity index is 1570. The van der Waals surface area contributed by atoms with Gasteiger partial charge >= 0.3 is 5.97 Å². The molecule has 0 saturated carbocycles. The Morgan fingerprint density at radius 1 is 0.951 bits per heavy atom. The van der Waals surface area contributed by atoms with Crippen LogP contribution in [0.4, 0.5) is 5.69 Å². The number of carbonyl (C=O) groups is 2. The monoisotopic (exact) mass is 593 g/mol. The number of hydrogen-bond donors (Lipinski definition) is 1. The van der Waals surface area contributed by atoms with Crippen LogP contribution < -0.4 is 9.64 Å². The molecule has 4 aromatic rings. The van der Waals surface area contributed by atoms with E-state index in [1.807, 2.05) is 67.3 Å². The summed E-state index contributed by atoms with van der Waals surface area (Å²) >= 11 is 12.6. The minimum Gasteiger partial charge on any atom is -0.494 e. The van der Waals surface area contributed by atoms with Crippen LogP contribution in [-0.2, 0) is 11.2 Å². The molecule has 0 bridgehead atoms. The van der Waals surface area contributed by atoms with Crippen LogP contribution in [0.3, 0.4) is 0 Å². The molecule has 1 amide bonds. The summed E-state index contributed by atoms with van der Waals surface area (Å²) in [5.41, 5.74) is 5.84. The third-order valence-corrected chi connectivity index (χ3v) is 8.36. The number of anilines is 1. The van der Waals surface area contributed by atoms with Crippen LogP contribution in [-0.4, -0.2) is 61.7 Å². The van der Waals surface area contributed by atoms with Crippen LogP contribution in [0.2, 0.25) is 10.0 Å². The highest BCUT2D eigenvalue weighted by molar-refractivity contribution is 6.32. The maximum Gasteiger partial charge on any atom is 0.337 e. The molecule has 0 spiro atoms. The lowest BCUT2D eigenvalue weighted by Crippen LogP contribution is -2.49. The van der Waals surface area contributed by atoms with Gasteiger partial charge in [-0.25, -0.2) is 4.79 Å². The molecule has 0 aliphatic carbocycles. The number of methoxy groups -OCH3 is 1. The molecule has 1 aromatic heterocycles. The van der Waals surface area contributed by atoms with E-state index in [4.69, 9.17) is 32.7 Å². The first kappa shape index (κ1) is 28.8. The van der Waals surface area contributed by atoms with Gasteiger partial charge in [-0.3, -0.25) is 4.79 Å². The molecule has 7 nitrogen and oxygen atoms in total. The topological polar surface area (TPSA) is 74.9 Å². The molecule has 1 saturated heterocycles. The summed E-state index contributed by atoms with van der Waals surface area (Å²) in [5.74, 6) is 0.400. The van der Waals surface area contributed by atoms with E-state index in [1.54, 1.807) is 6.07 Å². The maximum atomic E-state index is 13.8. The quantitative estimate of drug-likeness (QED) is 0.178. The Labute approximate surface area is 249 Å². The highest BCUT2D eigenvalue weighted by Gasteiger charge is 2.27. The van der Waals surface area contributed by atoms with Gasteiger partial charge in [-0.1, -0.05) is 35.3 Å². The smallest absolute Gasteiger partial charge is 0.337 e. The van der Waals surface area contributed by atoms with Crippen molar-refractivity contribution >= 4 is 51.7 Å². The number of aryl methyl sites for hydroxylation is 3. The van der Waals surface area contributed by atoms with Gasteiger partial charge in [0.1, 0.15) is 11.4 Å². The Kier molecular flexibility index (Phi) is 8.76. The van der Waals surface area contributed by atoms with Gasteiger partial charge in [0.2, 0.25) is 0 Å². The van der Waals surface area contributed by atoms with Gasteiger partial charge in [-0.2, -0.15) is 0 Å². The first-order valence-electron chi connectivity index (χ1n) is 13.7. The first-order valence-corrected chi connectivity index (χ1v) is 14.4. The first-order chi connectivity index (χ1) is 19.7. The fourth-order valence-electron chi connectivity index (χ4n) is 5.37. The molecule has 214 valence electrons. The number of carbonyl (C=O) groups excluding carboxylic acids is 2. The third kappa shape index (κ3) is 6.31. The predicted molar refractivity (Wildman–Crippen MR) is 164 cm³/mol. The second-order valence-electron chi connectivity index (χ2n) is 10.3. The maximum absolute atomic E-state index is 13.8. The van der Waals surface area contributed by atoms with Crippen molar-refractivity contribution in [1.29, 1.82) is 0 Å². The number of rotatable bonds is 8. The minimum atomic E-state index is -0.365. The second-order valence-corrected chi connectivity index (χ2v) is 11.1. The number of nitrogens with one attached hydrogen (secondary N) is 1. The van der Waals surface area contributed by atoms with E-state index in [9.17, 15) is 9.59 Å². The van der Waals surface area contributed by atoms with Gasteiger partial charge < -0.3 is 24.3 Å². The van der Waals surface area contributed by atoms with Crippen LogP contribution in [0, 0.1) is 13.8 Å². The largest absolute Gasteiger partial charge is 0.494 e. The van der Waals surface area contributed by atoms with Crippen molar-refractivity contribution in [3.63, 3.8) is 0 Å². The van der Waals surface area contributed by atoms with Gasteiger partial charge in [0.15, 0.2) is 0 Å². The van der Waals surface area contributed by atoms with E-state index >= 15 is 0 Å². The normalized spacial score (nSPS) is 13.5. The summed E-state index contributed by atoms with van der Waals surface area (Å²) in [6, 6.07) is 17.0. The minimum absolute atomic E-state index is 0.0276. The molecular weight excluding hydrogens is 561 g/mol. The Morgan fingerprint density at radius 2 is 1.68 bits per heavy atom. The summed E-state index contributed by atoms with van der Waals surface area (Å²) in [4.78, 5) is 33.2. The number of H-pyrrole nitrogens is 1. The molecule has 0 unspecified atom stereocenters. The fourth-order valence-corrected chi connectivity index (χ4v) is 5.65. The number of ether oxygens (including phenoxy) is 2. The van der Waals surface area contributed by atoms with Gasteiger partial charge in [-0.05, 0) is 85.8 Å². The number of aromatic nitrogens is 1. The summed E-state index contributed by atoms with van der Waals surface area (Å²) in [5, 5.41) is 2.37. The molecule has 2 heterocycles. The Hall–Kier alpha value is -3.68. The molecule has 1 fully saturated rings. The fraction of sp³-hybridized carbons (Fsp3) is 0.312. The Balaban J connectivity index is 1.28. The SMILES string of the molecule is COC(=O)c1cccc(N2CCN(C(=O)c3[nH]c4cc(Cl)ccc4c3CCCOc3cc(C)c(Cl)c(C)c3)CC2)c1. The number of piperazine rings is 1. The third-order valence-electron chi connectivity index (χ3n) is 7.53. The zero-order valence-electron chi connectivity index (χ0n) is 23.4. The van der Waals surface area contributed by atoms with Gasteiger partial charge in [-0.15, -0.1) is 0 Å². The molecule has 0 atom stereocenters. The lowest BCUT2D eigenvalue weighted by Gasteiger charge is -2.36. The zero-order chi connectivity index (χ0) is 29.1. The van der Waals surface area contributed by atoms with Crippen LogP contribution in [0.5, 0.6) is 5.75 Å². The van der Waals surface area contributed by atoms with E-state index < -0.39 is 0 Å².